The Labute approximate surface area is 342 Å². The van der Waals surface area contributed by atoms with Crippen molar-refractivity contribution >= 4 is 41.0 Å². The number of para-hydroxylation sites is 1. The molecule has 2 fully saturated rings. The molecule has 306 valence electrons. The molecule has 3 aromatic carbocycles. The highest BCUT2D eigenvalue weighted by molar-refractivity contribution is 6.24. The lowest BCUT2D eigenvalue weighted by Crippen LogP contribution is -2.47. The van der Waals surface area contributed by atoms with E-state index >= 15 is 0 Å². The number of carbonyl (C=O) groups is 6. The van der Waals surface area contributed by atoms with Crippen LogP contribution in [0, 0.1) is 5.92 Å². The van der Waals surface area contributed by atoms with Crippen molar-refractivity contribution in [3.63, 3.8) is 0 Å². The summed E-state index contributed by atoms with van der Waals surface area (Å²) in [7, 11) is 1.97. The van der Waals surface area contributed by atoms with E-state index in [9.17, 15) is 28.8 Å². The highest BCUT2D eigenvalue weighted by atomic mass is 16.5. The normalized spacial score (nSPS) is 19.5. The monoisotopic (exact) mass is 799 g/mol. The molecule has 8 rings (SSSR count). The Balaban J connectivity index is 0.825. The van der Waals surface area contributed by atoms with Crippen LogP contribution in [0.25, 0.3) is 11.3 Å². The van der Waals surface area contributed by atoms with Gasteiger partial charge in [0.15, 0.2) is 5.78 Å². The van der Waals surface area contributed by atoms with E-state index in [2.05, 4.69) is 10.2 Å². The van der Waals surface area contributed by atoms with Crippen LogP contribution in [0.3, 0.4) is 0 Å². The zero-order valence-electron chi connectivity index (χ0n) is 33.2. The van der Waals surface area contributed by atoms with E-state index in [0.717, 1.165) is 41.0 Å². The Kier molecular flexibility index (Phi) is 11.4. The molecule has 3 aliphatic heterocycles. The van der Waals surface area contributed by atoms with E-state index < -0.39 is 23.8 Å². The van der Waals surface area contributed by atoms with Crippen LogP contribution in [-0.4, -0.2) is 105 Å². The maximum atomic E-state index is 13.5. The number of hydrogen-bond donors (Lipinski definition) is 2. The molecule has 2 atom stereocenters. The molecule has 0 bridgehead atoms. The summed E-state index contributed by atoms with van der Waals surface area (Å²) in [6.07, 6.45) is 4.27. The van der Waals surface area contributed by atoms with Crippen LogP contribution < -0.4 is 15.8 Å². The fourth-order valence-electron chi connectivity index (χ4n) is 9.11. The minimum absolute atomic E-state index is 0.0601. The average Bonchev–Trinajstić information content (AvgIpc) is 3.76. The van der Waals surface area contributed by atoms with Crippen molar-refractivity contribution in [2.75, 3.05) is 45.1 Å². The first-order valence-corrected chi connectivity index (χ1v) is 20.6. The molecular formula is C45H49N7O7. The van der Waals surface area contributed by atoms with E-state index in [1.165, 1.54) is 0 Å². The van der Waals surface area contributed by atoms with Crippen LogP contribution in [0.2, 0.25) is 0 Å². The number of nitrogens with two attached hydrogens (primary N) is 1. The van der Waals surface area contributed by atoms with Gasteiger partial charge in [-0.25, -0.2) is 4.68 Å². The molecule has 1 aromatic heterocycles. The minimum atomic E-state index is -0.891. The summed E-state index contributed by atoms with van der Waals surface area (Å²) in [4.78, 5) is 82.4. The van der Waals surface area contributed by atoms with Gasteiger partial charge in [-0.05, 0) is 106 Å². The number of nitrogens with zero attached hydrogens (tertiary/aromatic N) is 5. The van der Waals surface area contributed by atoms with Crippen molar-refractivity contribution in [1.29, 1.82) is 0 Å². The number of aryl methyl sites for hydroxylation is 1. The number of amides is 4. The van der Waals surface area contributed by atoms with Crippen molar-refractivity contribution in [2.24, 2.45) is 11.7 Å². The summed E-state index contributed by atoms with van der Waals surface area (Å²) in [6.45, 7) is 3.27. The standard InChI is InChI=1S/C45H49N7O7/c1-49(23-6-8-29-7-5-11-34-39(29)45(58)51(44(34)57)36-17-14-31(53)27-37(36)54)24-21-38(55)50-25-19-28(20-26-50)35-18-22-47-43-40(42(46)56)41(48-52(35)43)30-12-15-33(16-13-30)59-32-9-3-2-4-10-32/h2-5,7,9-13,15-16,28,35-36,47H,6,8,14,17-27H2,1H3,(H2,46,56)/t35-,36?/m0/s1. The Bertz CT molecular complexity index is 2280. The largest absolute Gasteiger partial charge is 0.457 e. The predicted octanol–water partition coefficient (Wildman–Crippen LogP) is 5.28. The van der Waals surface area contributed by atoms with E-state index in [-0.39, 0.29) is 48.7 Å². The van der Waals surface area contributed by atoms with E-state index in [0.29, 0.717) is 85.9 Å². The quantitative estimate of drug-likeness (QED) is 0.134. The number of ketones is 2. The second-order valence-corrected chi connectivity index (χ2v) is 16.0. The van der Waals surface area contributed by atoms with Gasteiger partial charge in [0.2, 0.25) is 5.91 Å². The highest BCUT2D eigenvalue weighted by Gasteiger charge is 2.45. The molecule has 1 saturated carbocycles. The van der Waals surface area contributed by atoms with Gasteiger partial charge >= 0.3 is 0 Å². The molecule has 14 heteroatoms. The minimum Gasteiger partial charge on any atom is -0.457 e. The topological polar surface area (TPSA) is 177 Å². The zero-order valence-corrected chi connectivity index (χ0v) is 33.2. The smallest absolute Gasteiger partial charge is 0.262 e. The first-order chi connectivity index (χ1) is 28.6. The third kappa shape index (κ3) is 8.14. The molecule has 1 saturated heterocycles. The summed E-state index contributed by atoms with van der Waals surface area (Å²) in [5.74, 6) is 0.417. The number of likely N-dealkylation sites (tertiary alicyclic amines) is 1. The first-order valence-electron chi connectivity index (χ1n) is 20.6. The Morgan fingerprint density at radius 1 is 0.881 bits per heavy atom. The Hall–Kier alpha value is -6.15. The van der Waals surface area contributed by atoms with Crippen molar-refractivity contribution < 1.29 is 33.5 Å². The van der Waals surface area contributed by atoms with Gasteiger partial charge in [-0.3, -0.25) is 33.7 Å². The number of Topliss-reactive ketones (excluding diaryl/α,β-unsaturated/α-hetero) is 2. The van der Waals surface area contributed by atoms with Crippen LogP contribution in [0.1, 0.15) is 94.0 Å². The molecule has 3 N–H and O–H groups in total. The van der Waals surface area contributed by atoms with Crippen molar-refractivity contribution in [2.45, 2.75) is 69.9 Å². The third-order valence-corrected chi connectivity index (χ3v) is 12.2. The molecule has 4 aliphatic rings. The molecule has 1 unspecified atom stereocenters. The molecule has 4 aromatic rings. The number of piperidine rings is 1. The number of imide groups is 1. The third-order valence-electron chi connectivity index (χ3n) is 12.2. The fourth-order valence-corrected chi connectivity index (χ4v) is 9.11. The highest BCUT2D eigenvalue weighted by Crippen LogP contribution is 2.40. The number of hydrogen-bond acceptors (Lipinski definition) is 10. The van der Waals surface area contributed by atoms with Crippen LogP contribution in [-0.2, 0) is 20.8 Å². The fraction of sp³-hybridized carbons (Fsp3) is 0.400. The average molecular weight is 800 g/mol. The number of primary amides is 1. The Morgan fingerprint density at radius 2 is 1.63 bits per heavy atom. The van der Waals surface area contributed by atoms with Crippen LogP contribution >= 0.6 is 0 Å². The molecule has 4 amide bonds. The summed E-state index contributed by atoms with van der Waals surface area (Å²) < 4.78 is 7.90. The van der Waals surface area contributed by atoms with Crippen LogP contribution in [0.4, 0.5) is 5.82 Å². The maximum Gasteiger partial charge on any atom is 0.262 e. The summed E-state index contributed by atoms with van der Waals surface area (Å²) in [6, 6.07) is 21.4. The van der Waals surface area contributed by atoms with Crippen molar-refractivity contribution in [3.05, 3.63) is 95.1 Å². The second-order valence-electron chi connectivity index (χ2n) is 16.0. The predicted molar refractivity (Wildman–Crippen MR) is 219 cm³/mol. The molecule has 0 spiro atoms. The van der Waals surface area contributed by atoms with Crippen molar-refractivity contribution in [1.82, 2.24) is 24.5 Å². The number of anilines is 1. The Morgan fingerprint density at radius 3 is 2.36 bits per heavy atom. The number of nitrogens with one attached hydrogen (secondary N) is 1. The SMILES string of the molecule is CN(CCCc1cccc2c1C(=O)N(C1CCC(=O)CC1=O)C2=O)CCC(=O)N1CCC([C@@H]2CCNc3c(C(N)=O)c(-c4ccc(Oc5ccccc5)cc4)nn32)CC1. The van der Waals surface area contributed by atoms with E-state index in [1.807, 2.05) is 77.3 Å². The molecular weight excluding hydrogens is 751 g/mol. The van der Waals surface area contributed by atoms with E-state index in [4.69, 9.17) is 15.6 Å². The maximum absolute atomic E-state index is 13.5. The van der Waals surface area contributed by atoms with Crippen LogP contribution in [0.5, 0.6) is 11.5 Å². The molecule has 14 nitrogen and oxygen atoms in total. The number of rotatable bonds is 13. The second kappa shape index (κ2) is 17.0. The zero-order chi connectivity index (χ0) is 41.2. The van der Waals surface area contributed by atoms with Gasteiger partial charge < -0.3 is 25.6 Å². The summed E-state index contributed by atoms with van der Waals surface area (Å²) in [5, 5.41) is 8.36. The number of benzene rings is 3. The van der Waals surface area contributed by atoms with Gasteiger partial charge in [-0.2, -0.15) is 5.10 Å². The van der Waals surface area contributed by atoms with Gasteiger partial charge in [0.1, 0.15) is 34.4 Å². The lowest BCUT2D eigenvalue weighted by Gasteiger charge is -2.38. The molecule has 1 aliphatic carbocycles. The van der Waals surface area contributed by atoms with Gasteiger partial charge in [0.05, 0.1) is 29.6 Å². The van der Waals surface area contributed by atoms with Gasteiger partial charge in [-0.15, -0.1) is 0 Å². The van der Waals surface area contributed by atoms with E-state index in [1.54, 1.807) is 12.1 Å². The lowest BCUT2D eigenvalue weighted by atomic mass is 9.86. The molecule has 59 heavy (non-hydrogen) atoms. The molecule has 4 heterocycles. The van der Waals surface area contributed by atoms with Crippen LogP contribution in [0.15, 0.2) is 72.8 Å². The summed E-state index contributed by atoms with van der Waals surface area (Å²) >= 11 is 0. The first kappa shape index (κ1) is 39.7. The number of carbonyl (C=O) groups excluding carboxylic acids is 6. The van der Waals surface area contributed by atoms with Gasteiger partial charge in [0.25, 0.3) is 17.7 Å². The number of ether oxygens (including phenoxy) is 1. The van der Waals surface area contributed by atoms with Gasteiger partial charge in [-0.1, -0.05) is 30.3 Å². The lowest BCUT2D eigenvalue weighted by molar-refractivity contribution is -0.134. The number of fused-ring (bicyclic) bond motifs is 2. The molecule has 0 radical (unpaired) electrons. The number of aromatic nitrogens is 2. The van der Waals surface area contributed by atoms with Crippen molar-refractivity contribution in [3.8, 4) is 22.8 Å². The summed E-state index contributed by atoms with van der Waals surface area (Å²) in [5.41, 5.74) is 9.04. The van der Waals surface area contributed by atoms with Gasteiger partial charge in [0, 0.05) is 44.6 Å².